The van der Waals surface area contributed by atoms with Gasteiger partial charge < -0.3 is 5.11 Å². The molecule has 0 saturated heterocycles. The second-order valence-corrected chi connectivity index (χ2v) is 4.87. The van der Waals surface area contributed by atoms with Gasteiger partial charge in [-0.2, -0.15) is 4.80 Å². The van der Waals surface area contributed by atoms with Crippen molar-refractivity contribution >= 4 is 27.5 Å². The number of hydrogen-bond donors (Lipinski definition) is 1. The first kappa shape index (κ1) is 12.5. The molecule has 2 rings (SSSR count). The molecule has 1 heterocycles. The zero-order valence-electron chi connectivity index (χ0n) is 9.01. The highest BCUT2D eigenvalue weighted by Crippen LogP contribution is 2.27. The minimum atomic E-state index is -0.689. The summed E-state index contributed by atoms with van der Waals surface area (Å²) in [5.41, 5.74) is 0.752. The van der Waals surface area contributed by atoms with Crippen LogP contribution < -0.4 is 0 Å². The molecule has 2 aromatic rings. The second-order valence-electron chi connectivity index (χ2n) is 3.58. The normalized spacial score (nSPS) is 12.7. The third-order valence-corrected chi connectivity index (χ3v) is 3.17. The molecule has 0 bridgehead atoms. The summed E-state index contributed by atoms with van der Waals surface area (Å²) in [4.78, 5) is 1.36. The van der Waals surface area contributed by atoms with Gasteiger partial charge in [-0.1, -0.05) is 33.6 Å². The Morgan fingerprint density at radius 2 is 2.29 bits per heavy atom. The Bertz CT molecular complexity index is 531. The van der Waals surface area contributed by atoms with Gasteiger partial charge in [0, 0.05) is 15.9 Å². The molecule has 0 aliphatic carbocycles. The van der Waals surface area contributed by atoms with Gasteiger partial charge in [0.2, 0.25) is 0 Å². The van der Waals surface area contributed by atoms with Crippen molar-refractivity contribution in [2.45, 2.75) is 12.5 Å². The maximum absolute atomic E-state index is 10.1. The summed E-state index contributed by atoms with van der Waals surface area (Å²) in [6, 6.07) is 5.24. The number of aliphatic hydroxyl groups excluding tert-OH is 1. The molecule has 1 N–H and O–H groups in total. The Kier molecular flexibility index (Phi) is 3.76. The molecule has 0 spiro atoms. The monoisotopic (exact) mass is 316 g/mol. The van der Waals surface area contributed by atoms with Gasteiger partial charge in [-0.05, 0) is 22.9 Å². The number of hydrogen-bond acceptors (Lipinski definition) is 4. The van der Waals surface area contributed by atoms with Gasteiger partial charge in [-0.3, -0.25) is 0 Å². The van der Waals surface area contributed by atoms with Crippen LogP contribution in [0.3, 0.4) is 0 Å². The summed E-state index contributed by atoms with van der Waals surface area (Å²) >= 11 is 9.20. The van der Waals surface area contributed by atoms with Crippen molar-refractivity contribution in [2.75, 3.05) is 0 Å². The third kappa shape index (κ3) is 3.02. The predicted octanol–water partition coefficient (Wildman–Crippen LogP) is 1.90. The molecule has 1 aromatic carbocycles. The predicted molar refractivity (Wildman–Crippen MR) is 66.6 cm³/mol. The molecule has 17 heavy (non-hydrogen) atoms. The number of tetrazole rings is 1. The summed E-state index contributed by atoms with van der Waals surface area (Å²) in [6.45, 7) is 0. The fourth-order valence-electron chi connectivity index (χ4n) is 1.46. The first-order valence-electron chi connectivity index (χ1n) is 4.92. The van der Waals surface area contributed by atoms with Crippen molar-refractivity contribution in [3.63, 3.8) is 0 Å². The standard InChI is InChI=1S/C10H10BrClN4O/c1-16-14-10(13-15-16)5-9(17)7-3-2-6(12)4-8(7)11/h2-4,9,17H,5H2,1H3. The number of halogens is 2. The quantitative estimate of drug-likeness (QED) is 0.939. The Morgan fingerprint density at radius 1 is 1.53 bits per heavy atom. The summed E-state index contributed by atoms with van der Waals surface area (Å²) < 4.78 is 0.765. The first-order valence-corrected chi connectivity index (χ1v) is 6.09. The molecule has 7 heteroatoms. The van der Waals surface area contributed by atoms with E-state index in [-0.39, 0.29) is 0 Å². The van der Waals surface area contributed by atoms with Crippen molar-refractivity contribution < 1.29 is 5.11 Å². The van der Waals surface area contributed by atoms with E-state index >= 15 is 0 Å². The molecule has 1 unspecified atom stereocenters. The van der Waals surface area contributed by atoms with Gasteiger partial charge in [0.05, 0.1) is 13.2 Å². The Labute approximate surface area is 112 Å². The van der Waals surface area contributed by atoms with E-state index in [1.54, 1.807) is 25.2 Å². The molecule has 1 aromatic heterocycles. The maximum atomic E-state index is 10.1. The van der Waals surface area contributed by atoms with Gasteiger partial charge in [-0.25, -0.2) is 0 Å². The van der Waals surface area contributed by atoms with Crippen molar-refractivity contribution in [1.29, 1.82) is 0 Å². The zero-order valence-corrected chi connectivity index (χ0v) is 11.4. The Balaban J connectivity index is 2.17. The molecule has 0 amide bonds. The lowest BCUT2D eigenvalue weighted by Gasteiger charge is -2.10. The molecule has 90 valence electrons. The van der Waals surface area contributed by atoms with E-state index in [0.717, 1.165) is 10.0 Å². The van der Waals surface area contributed by atoms with Crippen LogP contribution in [-0.4, -0.2) is 25.3 Å². The fraction of sp³-hybridized carbons (Fsp3) is 0.300. The van der Waals surface area contributed by atoms with Crippen molar-refractivity contribution in [3.8, 4) is 0 Å². The Hall–Kier alpha value is -0.980. The van der Waals surface area contributed by atoms with Crippen molar-refractivity contribution in [1.82, 2.24) is 20.2 Å². The van der Waals surface area contributed by atoms with E-state index in [1.165, 1.54) is 4.80 Å². The van der Waals surface area contributed by atoms with E-state index in [2.05, 4.69) is 31.3 Å². The summed E-state index contributed by atoms with van der Waals surface area (Å²) in [5, 5.41) is 22.2. The number of benzene rings is 1. The summed E-state index contributed by atoms with van der Waals surface area (Å²) in [5.74, 6) is 0.502. The highest BCUT2D eigenvalue weighted by molar-refractivity contribution is 9.10. The molecule has 0 fully saturated rings. The van der Waals surface area contributed by atoms with Gasteiger partial charge in [0.25, 0.3) is 0 Å². The van der Waals surface area contributed by atoms with E-state index < -0.39 is 6.10 Å². The van der Waals surface area contributed by atoms with Crippen LogP contribution in [0.25, 0.3) is 0 Å². The molecular weight excluding hydrogens is 307 g/mol. The average Bonchev–Trinajstić information content (AvgIpc) is 2.63. The van der Waals surface area contributed by atoms with Crippen LogP contribution in [0.2, 0.25) is 5.02 Å². The SMILES string of the molecule is Cn1nnc(CC(O)c2ccc(Cl)cc2Br)n1. The molecular formula is C10H10BrClN4O. The highest BCUT2D eigenvalue weighted by Gasteiger charge is 2.15. The molecule has 0 radical (unpaired) electrons. The highest BCUT2D eigenvalue weighted by atomic mass is 79.9. The number of aromatic nitrogens is 4. The number of rotatable bonds is 3. The van der Waals surface area contributed by atoms with Crippen LogP contribution >= 0.6 is 27.5 Å². The molecule has 0 saturated carbocycles. The van der Waals surface area contributed by atoms with Gasteiger partial charge in [-0.15, -0.1) is 10.2 Å². The largest absolute Gasteiger partial charge is 0.388 e. The second kappa shape index (κ2) is 5.12. The smallest absolute Gasteiger partial charge is 0.177 e. The van der Waals surface area contributed by atoms with Crippen molar-refractivity contribution in [2.24, 2.45) is 7.05 Å². The zero-order chi connectivity index (χ0) is 12.4. The minimum Gasteiger partial charge on any atom is -0.388 e. The number of nitrogens with zero attached hydrogens (tertiary/aromatic N) is 4. The van der Waals surface area contributed by atoms with E-state index in [0.29, 0.717) is 17.3 Å². The van der Waals surface area contributed by atoms with E-state index in [1.807, 2.05) is 0 Å². The fourth-order valence-corrected chi connectivity index (χ4v) is 2.41. The number of aryl methyl sites for hydroxylation is 1. The lowest BCUT2D eigenvalue weighted by Crippen LogP contribution is -2.04. The number of aliphatic hydroxyl groups is 1. The van der Waals surface area contributed by atoms with Crippen LogP contribution in [-0.2, 0) is 13.5 Å². The van der Waals surface area contributed by atoms with Gasteiger partial charge in [0.15, 0.2) is 5.82 Å². The van der Waals surface area contributed by atoms with Crippen LogP contribution in [0.4, 0.5) is 0 Å². The summed E-state index contributed by atoms with van der Waals surface area (Å²) in [7, 11) is 1.68. The third-order valence-electron chi connectivity index (χ3n) is 2.25. The van der Waals surface area contributed by atoms with Crippen LogP contribution in [0, 0.1) is 0 Å². The van der Waals surface area contributed by atoms with Crippen LogP contribution in [0.1, 0.15) is 17.5 Å². The average molecular weight is 318 g/mol. The first-order chi connectivity index (χ1) is 8.06. The van der Waals surface area contributed by atoms with Crippen LogP contribution in [0.5, 0.6) is 0 Å². The topological polar surface area (TPSA) is 63.8 Å². The Morgan fingerprint density at radius 3 is 2.88 bits per heavy atom. The van der Waals surface area contributed by atoms with Crippen LogP contribution in [0.15, 0.2) is 22.7 Å². The lowest BCUT2D eigenvalue weighted by atomic mass is 10.1. The van der Waals surface area contributed by atoms with Gasteiger partial charge >= 0.3 is 0 Å². The van der Waals surface area contributed by atoms with E-state index in [9.17, 15) is 5.11 Å². The maximum Gasteiger partial charge on any atom is 0.177 e. The molecule has 5 nitrogen and oxygen atoms in total. The van der Waals surface area contributed by atoms with Crippen molar-refractivity contribution in [3.05, 3.63) is 39.1 Å². The minimum absolute atomic E-state index is 0.314. The van der Waals surface area contributed by atoms with Gasteiger partial charge in [0.1, 0.15) is 0 Å². The summed E-state index contributed by atoms with van der Waals surface area (Å²) in [6.07, 6.45) is -0.375. The molecule has 0 aliphatic rings. The molecule has 0 aliphatic heterocycles. The van der Waals surface area contributed by atoms with E-state index in [4.69, 9.17) is 11.6 Å². The lowest BCUT2D eigenvalue weighted by molar-refractivity contribution is 0.175. The molecule has 1 atom stereocenters.